The fraction of sp³-hybridized carbons (Fsp3) is 0.706. The number of ether oxygens (including phenoxy) is 1. The van der Waals surface area contributed by atoms with Crippen LogP contribution in [0.3, 0.4) is 0 Å². The molecule has 1 atom stereocenters. The highest BCUT2D eigenvalue weighted by Crippen LogP contribution is 2.20. The maximum atomic E-state index is 12.8. The lowest BCUT2D eigenvalue weighted by molar-refractivity contribution is -0.125. The fourth-order valence-electron chi connectivity index (χ4n) is 3.69. The lowest BCUT2D eigenvalue weighted by atomic mass is 10.0. The van der Waals surface area contributed by atoms with E-state index in [-0.39, 0.29) is 17.7 Å². The number of nitrogens with zero attached hydrogens (tertiary/aromatic N) is 4. The van der Waals surface area contributed by atoms with Gasteiger partial charge in [-0.05, 0) is 12.8 Å². The Kier molecular flexibility index (Phi) is 5.70. The molecule has 1 aromatic rings. The van der Waals surface area contributed by atoms with Crippen LogP contribution in [0.2, 0.25) is 0 Å². The summed E-state index contributed by atoms with van der Waals surface area (Å²) in [5.41, 5.74) is 0. The zero-order valence-electron chi connectivity index (χ0n) is 15.0. The third-order valence-electron chi connectivity index (χ3n) is 5.18. The summed E-state index contributed by atoms with van der Waals surface area (Å²) < 4.78 is 7.18. The van der Waals surface area contributed by atoms with Gasteiger partial charge in [0.1, 0.15) is 0 Å². The summed E-state index contributed by atoms with van der Waals surface area (Å²) in [4.78, 5) is 33.5. The van der Waals surface area contributed by atoms with Crippen LogP contribution in [0.1, 0.15) is 23.5 Å². The summed E-state index contributed by atoms with van der Waals surface area (Å²) in [5, 5.41) is 2.74. The highest BCUT2D eigenvalue weighted by molar-refractivity contribution is 5.91. The highest BCUT2D eigenvalue weighted by atomic mass is 16.5. The Morgan fingerprint density at radius 1 is 1.24 bits per heavy atom. The van der Waals surface area contributed by atoms with Gasteiger partial charge in [-0.25, -0.2) is 4.98 Å². The Balaban J connectivity index is 1.76. The third-order valence-corrected chi connectivity index (χ3v) is 5.18. The van der Waals surface area contributed by atoms with Crippen molar-refractivity contribution in [2.75, 3.05) is 46.4 Å². The minimum Gasteiger partial charge on any atom is -0.381 e. The second-order valence-corrected chi connectivity index (χ2v) is 6.76. The first-order valence-corrected chi connectivity index (χ1v) is 8.90. The number of carbonyl (C=O) groups is 2. The number of nitrogens with one attached hydrogen (secondary N) is 1. The topological polar surface area (TPSA) is 79.7 Å². The summed E-state index contributed by atoms with van der Waals surface area (Å²) in [5.74, 6) is 0.0431. The van der Waals surface area contributed by atoms with Crippen molar-refractivity contribution in [3.05, 3.63) is 18.2 Å². The molecule has 2 amide bonds. The molecule has 25 heavy (non-hydrogen) atoms. The second-order valence-electron chi connectivity index (χ2n) is 6.76. The van der Waals surface area contributed by atoms with Crippen molar-refractivity contribution in [3.63, 3.8) is 0 Å². The molecule has 0 radical (unpaired) electrons. The Hall–Kier alpha value is -1.93. The van der Waals surface area contributed by atoms with Gasteiger partial charge in [0.2, 0.25) is 5.91 Å². The summed E-state index contributed by atoms with van der Waals surface area (Å²) in [7, 11) is 3.46. The van der Waals surface area contributed by atoms with Crippen LogP contribution in [-0.2, 0) is 16.6 Å². The first kappa shape index (κ1) is 17.9. The largest absolute Gasteiger partial charge is 0.381 e. The molecule has 3 heterocycles. The number of hydrogen-bond donors (Lipinski definition) is 1. The SMILES string of the molecule is CNC(=O)[C@H]1CN(C(=O)c2nccn2C)CCN(C2CCOCC2)C1. The molecular weight excluding hydrogens is 322 g/mol. The fourth-order valence-corrected chi connectivity index (χ4v) is 3.69. The van der Waals surface area contributed by atoms with Crippen molar-refractivity contribution in [2.45, 2.75) is 18.9 Å². The van der Waals surface area contributed by atoms with E-state index in [0.717, 1.165) is 32.6 Å². The van der Waals surface area contributed by atoms with Crippen LogP contribution in [0.15, 0.2) is 12.4 Å². The van der Waals surface area contributed by atoms with Crippen LogP contribution in [0.4, 0.5) is 0 Å². The average molecular weight is 349 g/mol. The van der Waals surface area contributed by atoms with Gasteiger partial charge in [0.05, 0.1) is 5.92 Å². The van der Waals surface area contributed by atoms with E-state index < -0.39 is 0 Å². The van der Waals surface area contributed by atoms with E-state index in [4.69, 9.17) is 4.74 Å². The van der Waals surface area contributed by atoms with Gasteiger partial charge < -0.3 is 19.5 Å². The van der Waals surface area contributed by atoms with Gasteiger partial charge in [-0.2, -0.15) is 0 Å². The summed E-state index contributed by atoms with van der Waals surface area (Å²) in [6.07, 6.45) is 5.34. The molecule has 0 bridgehead atoms. The van der Waals surface area contributed by atoms with Gasteiger partial charge >= 0.3 is 0 Å². The van der Waals surface area contributed by atoms with Crippen molar-refractivity contribution in [3.8, 4) is 0 Å². The van der Waals surface area contributed by atoms with E-state index in [2.05, 4.69) is 15.2 Å². The monoisotopic (exact) mass is 349 g/mol. The molecule has 2 aliphatic heterocycles. The summed E-state index contributed by atoms with van der Waals surface area (Å²) in [6.45, 7) is 4.01. The molecule has 8 nitrogen and oxygen atoms in total. The molecule has 2 fully saturated rings. The Morgan fingerprint density at radius 3 is 2.64 bits per heavy atom. The predicted molar refractivity (Wildman–Crippen MR) is 92.1 cm³/mol. The van der Waals surface area contributed by atoms with Crippen molar-refractivity contribution in [1.29, 1.82) is 0 Å². The molecule has 0 aromatic carbocycles. The molecular formula is C17H27N5O3. The normalized spacial score (nSPS) is 23.3. The number of hydrogen-bond acceptors (Lipinski definition) is 5. The molecule has 0 aliphatic carbocycles. The minimum atomic E-state index is -0.237. The molecule has 1 N–H and O–H groups in total. The maximum absolute atomic E-state index is 12.8. The first-order chi connectivity index (χ1) is 12.1. The number of carbonyl (C=O) groups excluding carboxylic acids is 2. The lowest BCUT2D eigenvalue weighted by Crippen LogP contribution is -2.45. The smallest absolute Gasteiger partial charge is 0.289 e. The summed E-state index contributed by atoms with van der Waals surface area (Å²) in [6, 6.07) is 0.420. The molecule has 0 saturated carbocycles. The van der Waals surface area contributed by atoms with Crippen LogP contribution < -0.4 is 5.32 Å². The van der Waals surface area contributed by atoms with E-state index in [1.807, 2.05) is 7.05 Å². The molecule has 138 valence electrons. The minimum absolute atomic E-state index is 0.0170. The number of aromatic nitrogens is 2. The van der Waals surface area contributed by atoms with Crippen LogP contribution in [0.25, 0.3) is 0 Å². The second kappa shape index (κ2) is 7.97. The van der Waals surface area contributed by atoms with Crippen molar-refractivity contribution < 1.29 is 14.3 Å². The Bertz CT molecular complexity index is 611. The number of aryl methyl sites for hydroxylation is 1. The van der Waals surface area contributed by atoms with Crippen LogP contribution in [0, 0.1) is 5.92 Å². The zero-order valence-corrected chi connectivity index (χ0v) is 15.0. The van der Waals surface area contributed by atoms with Crippen LogP contribution in [0.5, 0.6) is 0 Å². The van der Waals surface area contributed by atoms with Gasteiger partial charge in [-0.15, -0.1) is 0 Å². The lowest BCUT2D eigenvalue weighted by Gasteiger charge is -2.34. The highest BCUT2D eigenvalue weighted by Gasteiger charge is 2.34. The standard InChI is InChI=1S/C17H27N5O3/c1-18-16(23)13-11-21(14-3-9-25-10-4-14)7-8-22(12-13)17(24)15-19-5-6-20(15)2/h5-6,13-14H,3-4,7-12H2,1-2H3,(H,18,23)/t13-/m1/s1. The third kappa shape index (κ3) is 4.01. The van der Waals surface area contributed by atoms with E-state index in [9.17, 15) is 9.59 Å². The zero-order chi connectivity index (χ0) is 17.8. The van der Waals surface area contributed by atoms with Gasteiger partial charge in [0.15, 0.2) is 5.82 Å². The maximum Gasteiger partial charge on any atom is 0.289 e. The van der Waals surface area contributed by atoms with E-state index in [0.29, 0.717) is 31.5 Å². The Labute approximate surface area is 148 Å². The van der Waals surface area contributed by atoms with Gasteiger partial charge in [-0.1, -0.05) is 0 Å². The van der Waals surface area contributed by atoms with Crippen molar-refractivity contribution in [2.24, 2.45) is 13.0 Å². The van der Waals surface area contributed by atoms with Crippen molar-refractivity contribution in [1.82, 2.24) is 24.7 Å². The van der Waals surface area contributed by atoms with E-state index in [1.165, 1.54) is 0 Å². The predicted octanol–water partition coefficient (Wildman–Crippen LogP) is -0.281. The molecule has 2 saturated heterocycles. The van der Waals surface area contributed by atoms with Crippen LogP contribution in [-0.4, -0.2) is 83.6 Å². The summed E-state index contributed by atoms with van der Waals surface area (Å²) >= 11 is 0. The average Bonchev–Trinajstić information content (AvgIpc) is 2.94. The van der Waals surface area contributed by atoms with Gasteiger partial charge in [0, 0.05) is 71.9 Å². The number of rotatable bonds is 3. The number of amides is 2. The molecule has 0 spiro atoms. The Morgan fingerprint density at radius 2 is 2.00 bits per heavy atom. The first-order valence-electron chi connectivity index (χ1n) is 8.90. The molecule has 0 unspecified atom stereocenters. The molecule has 1 aromatic heterocycles. The molecule has 2 aliphatic rings. The van der Waals surface area contributed by atoms with Crippen LogP contribution >= 0.6 is 0 Å². The van der Waals surface area contributed by atoms with Gasteiger partial charge in [0.25, 0.3) is 5.91 Å². The van der Waals surface area contributed by atoms with E-state index >= 15 is 0 Å². The molecule has 8 heteroatoms. The van der Waals surface area contributed by atoms with E-state index in [1.54, 1.807) is 28.9 Å². The number of imidazole rings is 1. The van der Waals surface area contributed by atoms with Gasteiger partial charge in [-0.3, -0.25) is 14.5 Å². The molecule has 3 rings (SSSR count). The quantitative estimate of drug-likeness (QED) is 0.812. The van der Waals surface area contributed by atoms with Crippen molar-refractivity contribution >= 4 is 11.8 Å².